The maximum Gasteiger partial charge on any atom is 0.229 e. The van der Waals surface area contributed by atoms with Gasteiger partial charge in [-0.1, -0.05) is 23.5 Å². The van der Waals surface area contributed by atoms with Crippen LogP contribution in [0, 0.1) is 12.8 Å². The zero-order valence-electron chi connectivity index (χ0n) is 17.5. The van der Waals surface area contributed by atoms with Gasteiger partial charge in [0.05, 0.1) is 12.8 Å². The number of anilines is 1. The van der Waals surface area contributed by atoms with E-state index in [2.05, 4.69) is 15.3 Å². The number of hydrogen-bond donors (Lipinski definition) is 1. The van der Waals surface area contributed by atoms with Crippen LogP contribution in [-0.2, 0) is 22.4 Å². The highest BCUT2D eigenvalue weighted by Crippen LogP contribution is 2.33. The predicted molar refractivity (Wildman–Crippen MR) is 127 cm³/mol. The van der Waals surface area contributed by atoms with Crippen molar-refractivity contribution < 1.29 is 14.3 Å². The van der Waals surface area contributed by atoms with Crippen LogP contribution in [0.3, 0.4) is 0 Å². The average Bonchev–Trinajstić information content (AvgIpc) is 3.36. The molecule has 1 saturated carbocycles. The van der Waals surface area contributed by atoms with E-state index in [0.29, 0.717) is 30.2 Å². The second-order valence-corrected chi connectivity index (χ2v) is 9.98. The van der Waals surface area contributed by atoms with E-state index >= 15 is 0 Å². The van der Waals surface area contributed by atoms with E-state index in [1.165, 1.54) is 11.3 Å². The summed E-state index contributed by atoms with van der Waals surface area (Å²) < 4.78 is 6.04. The van der Waals surface area contributed by atoms with E-state index in [4.69, 9.17) is 4.74 Å². The summed E-state index contributed by atoms with van der Waals surface area (Å²) in [6.07, 6.45) is 2.74. The molecule has 1 aliphatic rings. The molecule has 162 valence electrons. The molecule has 5 rings (SSSR count). The number of carbonyl (C=O) groups excluding carboxylic acids is 2. The lowest BCUT2D eigenvalue weighted by Crippen LogP contribution is -2.13. The molecule has 0 saturated heterocycles. The highest BCUT2D eigenvalue weighted by Gasteiger charge is 2.29. The summed E-state index contributed by atoms with van der Waals surface area (Å²) in [4.78, 5) is 35.3. The van der Waals surface area contributed by atoms with Gasteiger partial charge >= 0.3 is 0 Å². The lowest BCUT2D eigenvalue weighted by atomic mass is 10.2. The van der Waals surface area contributed by atoms with Crippen molar-refractivity contribution in [3.05, 3.63) is 63.3 Å². The van der Waals surface area contributed by atoms with E-state index in [9.17, 15) is 9.59 Å². The summed E-state index contributed by atoms with van der Waals surface area (Å²) >= 11 is 3.00. The first-order chi connectivity index (χ1) is 15.5. The molecule has 0 spiro atoms. The number of ketones is 1. The number of ether oxygens (including phenoxy) is 1. The highest BCUT2D eigenvalue weighted by molar-refractivity contribution is 7.18. The molecular formula is C24H21N3O3S2. The molecule has 32 heavy (non-hydrogen) atoms. The van der Waals surface area contributed by atoms with Gasteiger partial charge in [-0.15, -0.1) is 11.3 Å². The third-order valence-electron chi connectivity index (χ3n) is 5.23. The minimum Gasteiger partial charge on any atom is -0.439 e. The highest BCUT2D eigenvalue weighted by atomic mass is 32.1. The Morgan fingerprint density at radius 3 is 2.78 bits per heavy atom. The van der Waals surface area contributed by atoms with Crippen LogP contribution in [0.15, 0.2) is 47.8 Å². The summed E-state index contributed by atoms with van der Waals surface area (Å²) in [5, 5.41) is 5.69. The van der Waals surface area contributed by atoms with Crippen molar-refractivity contribution in [3.63, 3.8) is 0 Å². The van der Waals surface area contributed by atoms with E-state index in [0.717, 1.165) is 38.6 Å². The molecular weight excluding hydrogens is 442 g/mol. The third kappa shape index (κ3) is 4.87. The summed E-state index contributed by atoms with van der Waals surface area (Å²) in [5.74, 6) is 1.51. The molecule has 1 amide bonds. The Morgan fingerprint density at radius 1 is 1.12 bits per heavy atom. The fourth-order valence-electron chi connectivity index (χ4n) is 3.35. The molecule has 1 aliphatic carbocycles. The topological polar surface area (TPSA) is 81.2 Å². The zero-order chi connectivity index (χ0) is 22.1. The van der Waals surface area contributed by atoms with Gasteiger partial charge < -0.3 is 10.1 Å². The van der Waals surface area contributed by atoms with Crippen LogP contribution in [0.1, 0.15) is 28.3 Å². The molecule has 1 aromatic carbocycles. The number of thiazole rings is 1. The lowest BCUT2D eigenvalue weighted by Gasteiger charge is -2.11. The van der Waals surface area contributed by atoms with Crippen LogP contribution in [-0.4, -0.2) is 21.7 Å². The first kappa shape index (κ1) is 20.8. The number of carbonyl (C=O) groups is 2. The number of rotatable bonds is 8. The molecule has 1 fully saturated rings. The SMILES string of the molecule is Cc1ccc(NC(=O)Cc2cccs2)cc1Oc1ccc2nc(CC(=O)C3CC3)sc2n1. The molecule has 1 N–H and O–H groups in total. The van der Waals surface area contributed by atoms with Crippen molar-refractivity contribution >= 4 is 50.4 Å². The monoisotopic (exact) mass is 463 g/mol. The number of nitrogens with one attached hydrogen (secondary N) is 1. The number of aromatic nitrogens is 2. The average molecular weight is 464 g/mol. The van der Waals surface area contributed by atoms with Crippen molar-refractivity contribution in [2.45, 2.75) is 32.6 Å². The minimum atomic E-state index is -0.0697. The number of benzene rings is 1. The fraction of sp³-hybridized carbons (Fsp3) is 0.250. The molecule has 0 unspecified atom stereocenters. The molecule has 3 heterocycles. The zero-order valence-corrected chi connectivity index (χ0v) is 19.1. The first-order valence-corrected chi connectivity index (χ1v) is 12.1. The number of aryl methyl sites for hydroxylation is 1. The Hall–Kier alpha value is -3.10. The summed E-state index contributed by atoms with van der Waals surface area (Å²) in [6.45, 7) is 1.94. The minimum absolute atomic E-state index is 0.0697. The first-order valence-electron chi connectivity index (χ1n) is 10.4. The number of hydrogen-bond acceptors (Lipinski definition) is 7. The number of Topliss-reactive ketones (excluding diaryl/α,β-unsaturated/α-hetero) is 1. The van der Waals surface area contributed by atoms with Crippen LogP contribution >= 0.6 is 22.7 Å². The van der Waals surface area contributed by atoms with Gasteiger partial charge in [-0.25, -0.2) is 9.97 Å². The van der Waals surface area contributed by atoms with E-state index < -0.39 is 0 Å². The summed E-state index contributed by atoms with van der Waals surface area (Å²) in [5.41, 5.74) is 2.38. The van der Waals surface area contributed by atoms with Gasteiger partial charge in [0.15, 0.2) is 0 Å². The van der Waals surface area contributed by atoms with Crippen LogP contribution in [0.5, 0.6) is 11.6 Å². The van der Waals surface area contributed by atoms with Crippen LogP contribution in [0.4, 0.5) is 5.69 Å². The van der Waals surface area contributed by atoms with E-state index in [-0.39, 0.29) is 17.6 Å². The summed E-state index contributed by atoms with van der Waals surface area (Å²) in [6, 6.07) is 13.1. The van der Waals surface area contributed by atoms with Gasteiger partial charge in [-0.2, -0.15) is 0 Å². The molecule has 0 radical (unpaired) electrons. The van der Waals surface area contributed by atoms with Gasteiger partial charge in [0.2, 0.25) is 11.8 Å². The molecule has 0 atom stereocenters. The van der Waals surface area contributed by atoms with Gasteiger partial charge in [0.1, 0.15) is 26.9 Å². The summed E-state index contributed by atoms with van der Waals surface area (Å²) in [7, 11) is 0. The fourth-order valence-corrected chi connectivity index (χ4v) is 4.99. The van der Waals surface area contributed by atoms with Crippen molar-refractivity contribution in [1.29, 1.82) is 0 Å². The smallest absolute Gasteiger partial charge is 0.229 e. The second-order valence-electron chi connectivity index (χ2n) is 7.89. The quantitative estimate of drug-likeness (QED) is 0.370. The number of fused-ring (bicyclic) bond motifs is 1. The number of thiophene rings is 1. The van der Waals surface area contributed by atoms with E-state index in [1.807, 2.05) is 42.6 Å². The van der Waals surface area contributed by atoms with Gasteiger partial charge in [0, 0.05) is 28.6 Å². The van der Waals surface area contributed by atoms with E-state index in [1.54, 1.807) is 23.5 Å². The van der Waals surface area contributed by atoms with Crippen molar-refractivity contribution in [1.82, 2.24) is 9.97 Å². The molecule has 0 bridgehead atoms. The van der Waals surface area contributed by atoms with Gasteiger partial charge in [0.25, 0.3) is 0 Å². The lowest BCUT2D eigenvalue weighted by molar-refractivity contribution is -0.119. The third-order valence-corrected chi connectivity index (χ3v) is 7.08. The van der Waals surface area contributed by atoms with Gasteiger partial charge in [-0.05, 0) is 48.9 Å². The van der Waals surface area contributed by atoms with Crippen LogP contribution in [0.25, 0.3) is 10.3 Å². The normalized spacial score (nSPS) is 13.3. The van der Waals surface area contributed by atoms with Crippen molar-refractivity contribution in [2.24, 2.45) is 5.92 Å². The Kier molecular flexibility index (Phi) is 5.71. The number of amides is 1. The van der Waals surface area contributed by atoms with Gasteiger partial charge in [-0.3, -0.25) is 9.59 Å². The standard InChI is InChI=1S/C24H21N3O3S2/c1-14-4-7-16(25-21(29)12-17-3-2-10-31-17)11-20(14)30-22-9-8-18-24(27-22)32-23(26-18)13-19(28)15-5-6-15/h2-4,7-11,15H,5-6,12-13H2,1H3,(H,25,29). The maximum absolute atomic E-state index is 12.3. The molecule has 0 aliphatic heterocycles. The van der Waals surface area contributed by atoms with Crippen LogP contribution < -0.4 is 10.1 Å². The molecule has 3 aromatic heterocycles. The molecule has 6 nitrogen and oxygen atoms in total. The Labute approximate surface area is 193 Å². The van der Waals surface area contributed by atoms with Crippen molar-refractivity contribution in [2.75, 3.05) is 5.32 Å². The second kappa shape index (κ2) is 8.80. The largest absolute Gasteiger partial charge is 0.439 e. The number of nitrogens with zero attached hydrogens (tertiary/aromatic N) is 2. The van der Waals surface area contributed by atoms with Crippen molar-refractivity contribution in [3.8, 4) is 11.6 Å². The maximum atomic E-state index is 12.3. The Bertz CT molecular complexity index is 1290. The molecule has 8 heteroatoms. The van der Waals surface area contributed by atoms with Crippen LogP contribution in [0.2, 0.25) is 0 Å². The predicted octanol–water partition coefficient (Wildman–Crippen LogP) is 5.56. The Morgan fingerprint density at radius 2 is 2.00 bits per heavy atom. The molecule has 4 aromatic rings. The Balaban J connectivity index is 1.29. The number of pyridine rings is 1.